The third kappa shape index (κ3) is 5.05. The number of carbonyl (C=O) groups excluding carboxylic acids is 1. The molecule has 1 heterocycles. The molecule has 0 atom stereocenters. The van der Waals surface area contributed by atoms with Crippen molar-refractivity contribution in [1.29, 1.82) is 0 Å². The van der Waals surface area contributed by atoms with Gasteiger partial charge in [-0.25, -0.2) is 13.1 Å². The summed E-state index contributed by atoms with van der Waals surface area (Å²) < 4.78 is 31.8. The maximum atomic E-state index is 12.1. The van der Waals surface area contributed by atoms with Gasteiger partial charge in [0.15, 0.2) is 0 Å². The summed E-state index contributed by atoms with van der Waals surface area (Å²) in [6, 6.07) is 17.5. The van der Waals surface area contributed by atoms with E-state index in [9.17, 15) is 13.2 Å². The van der Waals surface area contributed by atoms with Gasteiger partial charge in [-0.2, -0.15) is 0 Å². The van der Waals surface area contributed by atoms with Crippen LogP contribution in [0.4, 0.5) is 5.88 Å². The number of benzene rings is 2. The van der Waals surface area contributed by atoms with Crippen molar-refractivity contribution >= 4 is 21.8 Å². The predicted molar refractivity (Wildman–Crippen MR) is 106 cm³/mol. The number of amides is 1. The van der Waals surface area contributed by atoms with Crippen molar-refractivity contribution in [2.24, 2.45) is 0 Å². The average molecular weight is 399 g/mol. The Bertz CT molecular complexity index is 1030. The Kier molecular flexibility index (Phi) is 6.23. The maximum absolute atomic E-state index is 12.1. The molecule has 146 valence electrons. The molecule has 0 spiro atoms. The highest BCUT2D eigenvalue weighted by Gasteiger charge is 2.14. The Labute approximate surface area is 163 Å². The fraction of sp³-hybridized carbons (Fsp3) is 0.200. The number of anilines is 1. The van der Waals surface area contributed by atoms with Crippen LogP contribution in [0.2, 0.25) is 0 Å². The zero-order valence-corrected chi connectivity index (χ0v) is 16.2. The second-order valence-electron chi connectivity index (χ2n) is 6.14. The number of hydrogen-bond donors (Lipinski definition) is 2. The average Bonchev–Trinajstić information content (AvgIpc) is 3.17. The van der Waals surface area contributed by atoms with Crippen LogP contribution in [0.3, 0.4) is 0 Å². The van der Waals surface area contributed by atoms with Gasteiger partial charge in [-0.05, 0) is 24.1 Å². The normalized spacial score (nSPS) is 11.3. The minimum absolute atomic E-state index is 0.0253. The lowest BCUT2D eigenvalue weighted by Gasteiger charge is -2.06. The highest BCUT2D eigenvalue weighted by molar-refractivity contribution is 7.89. The molecule has 2 aromatic carbocycles. The first-order valence-corrected chi connectivity index (χ1v) is 10.4. The molecule has 0 aliphatic rings. The first-order valence-electron chi connectivity index (χ1n) is 8.88. The van der Waals surface area contributed by atoms with Gasteiger partial charge in [-0.15, -0.1) is 0 Å². The van der Waals surface area contributed by atoms with E-state index < -0.39 is 10.0 Å². The van der Waals surface area contributed by atoms with E-state index in [0.717, 1.165) is 12.0 Å². The molecule has 0 bridgehead atoms. The fourth-order valence-electron chi connectivity index (χ4n) is 2.56. The Hall–Kier alpha value is -2.97. The second kappa shape index (κ2) is 8.81. The summed E-state index contributed by atoms with van der Waals surface area (Å²) in [5.74, 6) is -0.162. The van der Waals surface area contributed by atoms with Gasteiger partial charge in [0, 0.05) is 24.6 Å². The van der Waals surface area contributed by atoms with Crippen molar-refractivity contribution in [1.82, 2.24) is 9.88 Å². The number of hydrogen-bond acceptors (Lipinski definition) is 5. The van der Waals surface area contributed by atoms with Crippen LogP contribution >= 0.6 is 0 Å². The van der Waals surface area contributed by atoms with E-state index in [2.05, 4.69) is 22.1 Å². The van der Waals surface area contributed by atoms with Gasteiger partial charge in [0.1, 0.15) is 5.69 Å². The lowest BCUT2D eigenvalue weighted by Crippen LogP contribution is -2.27. The molecular formula is C20H21N3O4S. The quantitative estimate of drug-likeness (QED) is 0.606. The smallest absolute Gasteiger partial charge is 0.240 e. The molecule has 0 aliphatic heterocycles. The molecule has 0 saturated heterocycles. The first kappa shape index (κ1) is 19.8. The zero-order valence-electron chi connectivity index (χ0n) is 15.4. The summed E-state index contributed by atoms with van der Waals surface area (Å²) in [6.45, 7) is 2.06. The maximum Gasteiger partial charge on any atom is 0.240 e. The fourth-order valence-corrected chi connectivity index (χ4v) is 3.62. The van der Waals surface area contributed by atoms with Crippen LogP contribution in [-0.4, -0.2) is 26.0 Å². The van der Waals surface area contributed by atoms with Crippen molar-refractivity contribution in [3.63, 3.8) is 0 Å². The van der Waals surface area contributed by atoms with Gasteiger partial charge in [-0.1, -0.05) is 54.5 Å². The molecule has 2 N–H and O–H groups in total. The van der Waals surface area contributed by atoms with Crippen molar-refractivity contribution in [3.05, 3.63) is 66.2 Å². The Morgan fingerprint density at radius 2 is 1.79 bits per heavy atom. The zero-order chi connectivity index (χ0) is 20.0. The lowest BCUT2D eigenvalue weighted by atomic mass is 10.1. The van der Waals surface area contributed by atoms with E-state index in [0.29, 0.717) is 5.69 Å². The number of nitrogens with zero attached hydrogens (tertiary/aromatic N) is 1. The summed E-state index contributed by atoms with van der Waals surface area (Å²) in [6.07, 6.45) is 0.918. The summed E-state index contributed by atoms with van der Waals surface area (Å²) in [7, 11) is -3.63. The highest BCUT2D eigenvalue weighted by atomic mass is 32.2. The molecule has 0 saturated carbocycles. The standard InChI is InChI=1S/C20H21N3O4S/c1-2-15-8-10-16(11-9-15)18-14-20(27-23-18)22-19(24)12-13-21-28(25,26)17-6-4-3-5-7-17/h3-11,14,21H,2,12-13H2,1H3,(H,22,24). The first-order chi connectivity index (χ1) is 13.5. The molecule has 0 fully saturated rings. The molecule has 0 aliphatic carbocycles. The molecule has 7 nitrogen and oxygen atoms in total. The molecular weight excluding hydrogens is 378 g/mol. The van der Waals surface area contributed by atoms with Crippen LogP contribution in [0.25, 0.3) is 11.3 Å². The largest absolute Gasteiger partial charge is 0.338 e. The molecule has 3 rings (SSSR count). The predicted octanol–water partition coefficient (Wildman–Crippen LogP) is 3.21. The topological polar surface area (TPSA) is 101 Å². The van der Waals surface area contributed by atoms with Gasteiger partial charge in [0.25, 0.3) is 0 Å². The molecule has 1 aromatic heterocycles. The Morgan fingerprint density at radius 1 is 1.07 bits per heavy atom. The van der Waals surface area contributed by atoms with Crippen LogP contribution in [0.5, 0.6) is 0 Å². The van der Waals surface area contributed by atoms with Crippen LogP contribution in [-0.2, 0) is 21.2 Å². The Morgan fingerprint density at radius 3 is 2.46 bits per heavy atom. The summed E-state index contributed by atoms with van der Waals surface area (Å²) in [5, 5.41) is 6.53. The van der Waals surface area contributed by atoms with Crippen molar-refractivity contribution in [3.8, 4) is 11.3 Å². The number of aromatic nitrogens is 1. The van der Waals surface area contributed by atoms with Crippen LogP contribution in [0.1, 0.15) is 18.9 Å². The third-order valence-electron chi connectivity index (χ3n) is 4.13. The highest BCUT2D eigenvalue weighted by Crippen LogP contribution is 2.22. The van der Waals surface area contributed by atoms with Gasteiger partial charge in [-0.3, -0.25) is 10.1 Å². The summed E-state index contributed by atoms with van der Waals surface area (Å²) in [5.41, 5.74) is 2.72. The Balaban J connectivity index is 1.52. The lowest BCUT2D eigenvalue weighted by molar-refractivity contribution is -0.116. The monoisotopic (exact) mass is 399 g/mol. The molecule has 1 amide bonds. The molecule has 0 unspecified atom stereocenters. The van der Waals surface area contributed by atoms with Gasteiger partial charge in [0.2, 0.25) is 21.8 Å². The minimum Gasteiger partial charge on any atom is -0.338 e. The van der Waals surface area contributed by atoms with E-state index in [1.165, 1.54) is 17.7 Å². The molecule has 3 aromatic rings. The number of aryl methyl sites for hydroxylation is 1. The van der Waals surface area contributed by atoms with E-state index in [-0.39, 0.29) is 29.7 Å². The third-order valence-corrected chi connectivity index (χ3v) is 5.61. The van der Waals surface area contributed by atoms with Gasteiger partial charge in [0.05, 0.1) is 4.90 Å². The number of sulfonamides is 1. The van der Waals surface area contributed by atoms with Crippen LogP contribution in [0.15, 0.2) is 70.1 Å². The number of rotatable bonds is 8. The number of carbonyl (C=O) groups is 1. The molecule has 0 radical (unpaired) electrons. The summed E-state index contributed by atoms with van der Waals surface area (Å²) >= 11 is 0. The molecule has 8 heteroatoms. The van der Waals surface area contributed by atoms with Crippen LogP contribution in [0, 0.1) is 0 Å². The van der Waals surface area contributed by atoms with Crippen molar-refractivity contribution < 1.29 is 17.7 Å². The summed E-state index contributed by atoms with van der Waals surface area (Å²) in [4.78, 5) is 12.2. The minimum atomic E-state index is -3.63. The second-order valence-corrected chi connectivity index (χ2v) is 7.90. The van der Waals surface area contributed by atoms with E-state index in [1.807, 2.05) is 24.3 Å². The van der Waals surface area contributed by atoms with E-state index in [4.69, 9.17) is 4.52 Å². The van der Waals surface area contributed by atoms with Crippen molar-refractivity contribution in [2.75, 3.05) is 11.9 Å². The van der Waals surface area contributed by atoms with E-state index >= 15 is 0 Å². The van der Waals surface area contributed by atoms with Crippen LogP contribution < -0.4 is 10.0 Å². The SMILES string of the molecule is CCc1ccc(-c2cc(NC(=O)CCNS(=O)(=O)c3ccccc3)on2)cc1. The number of nitrogens with one attached hydrogen (secondary N) is 2. The molecule has 28 heavy (non-hydrogen) atoms. The van der Waals surface area contributed by atoms with E-state index in [1.54, 1.807) is 24.3 Å². The van der Waals surface area contributed by atoms with Gasteiger partial charge >= 0.3 is 0 Å². The van der Waals surface area contributed by atoms with Gasteiger partial charge < -0.3 is 4.52 Å². The van der Waals surface area contributed by atoms with Crippen molar-refractivity contribution in [2.45, 2.75) is 24.7 Å².